The highest BCUT2D eigenvalue weighted by Crippen LogP contribution is 2.33. The van der Waals surface area contributed by atoms with Crippen LogP contribution in [0.15, 0.2) is 48.8 Å². The lowest BCUT2D eigenvalue weighted by atomic mass is 9.96. The standard InChI is InChI=1S/C20H20N4O4S/c1-23-10-8-21-19(23)14-3-5-16-13(11-14)7-9-24(20(16)26)15-4-6-18(25)17(12-15)22-29(2,27)28/h3-6,8,10-12,22,25H,7,9H2,1-2H3. The van der Waals surface area contributed by atoms with Crippen molar-refractivity contribution in [3.05, 3.63) is 59.9 Å². The molecule has 2 aromatic carbocycles. The van der Waals surface area contributed by atoms with Crippen molar-refractivity contribution in [1.29, 1.82) is 0 Å². The molecule has 29 heavy (non-hydrogen) atoms. The zero-order valence-electron chi connectivity index (χ0n) is 16.0. The Bertz CT molecular complexity index is 1220. The highest BCUT2D eigenvalue weighted by atomic mass is 32.2. The average Bonchev–Trinajstić information content (AvgIpc) is 3.09. The fraction of sp³-hybridized carbons (Fsp3) is 0.200. The van der Waals surface area contributed by atoms with Crippen LogP contribution in [-0.4, -0.2) is 41.8 Å². The van der Waals surface area contributed by atoms with Crippen molar-refractivity contribution in [3.8, 4) is 17.1 Å². The number of carbonyl (C=O) groups is 1. The van der Waals surface area contributed by atoms with Crippen LogP contribution in [-0.2, 0) is 23.5 Å². The van der Waals surface area contributed by atoms with Crippen molar-refractivity contribution in [3.63, 3.8) is 0 Å². The van der Waals surface area contributed by atoms with E-state index in [9.17, 15) is 18.3 Å². The monoisotopic (exact) mass is 412 g/mol. The van der Waals surface area contributed by atoms with Gasteiger partial charge in [0.2, 0.25) is 10.0 Å². The molecule has 2 heterocycles. The second-order valence-electron chi connectivity index (χ2n) is 7.02. The predicted molar refractivity (Wildman–Crippen MR) is 111 cm³/mol. The van der Waals surface area contributed by atoms with Gasteiger partial charge in [-0.25, -0.2) is 13.4 Å². The molecule has 8 nitrogen and oxygen atoms in total. The smallest absolute Gasteiger partial charge is 0.258 e. The number of carbonyl (C=O) groups excluding carboxylic acids is 1. The van der Waals surface area contributed by atoms with Gasteiger partial charge in [-0.1, -0.05) is 6.07 Å². The summed E-state index contributed by atoms with van der Waals surface area (Å²) in [6, 6.07) is 10.1. The number of hydrogen-bond acceptors (Lipinski definition) is 5. The number of imidazole rings is 1. The van der Waals surface area contributed by atoms with Crippen LogP contribution >= 0.6 is 0 Å². The molecule has 150 valence electrons. The number of aromatic hydroxyl groups is 1. The summed E-state index contributed by atoms with van der Waals surface area (Å²) < 4.78 is 27.2. The number of nitrogens with one attached hydrogen (secondary N) is 1. The van der Waals surface area contributed by atoms with Gasteiger partial charge in [-0.15, -0.1) is 0 Å². The molecule has 1 aromatic heterocycles. The van der Waals surface area contributed by atoms with Crippen LogP contribution in [0.2, 0.25) is 0 Å². The number of sulfonamides is 1. The summed E-state index contributed by atoms with van der Waals surface area (Å²) in [5, 5.41) is 9.93. The Balaban J connectivity index is 1.66. The molecule has 0 spiro atoms. The molecular formula is C20H20N4O4S. The van der Waals surface area contributed by atoms with Crippen molar-refractivity contribution >= 4 is 27.3 Å². The lowest BCUT2D eigenvalue weighted by molar-refractivity contribution is 0.0980. The van der Waals surface area contributed by atoms with Crippen LogP contribution < -0.4 is 9.62 Å². The first-order valence-electron chi connectivity index (χ1n) is 8.96. The maximum atomic E-state index is 13.1. The molecule has 2 N–H and O–H groups in total. The predicted octanol–water partition coefficient (Wildman–Crippen LogP) is 2.37. The molecule has 1 aliphatic heterocycles. The zero-order valence-corrected chi connectivity index (χ0v) is 16.8. The molecule has 1 amide bonds. The summed E-state index contributed by atoms with van der Waals surface area (Å²) in [7, 11) is -1.64. The highest BCUT2D eigenvalue weighted by Gasteiger charge is 2.26. The lowest BCUT2D eigenvalue weighted by Crippen LogP contribution is -2.37. The molecule has 1 aliphatic rings. The third kappa shape index (κ3) is 3.68. The van der Waals surface area contributed by atoms with Gasteiger partial charge in [0, 0.05) is 42.8 Å². The van der Waals surface area contributed by atoms with Gasteiger partial charge in [-0.2, -0.15) is 0 Å². The third-order valence-corrected chi connectivity index (χ3v) is 5.44. The summed E-state index contributed by atoms with van der Waals surface area (Å²) in [4.78, 5) is 19.0. The molecule has 0 saturated heterocycles. The Kier molecular flexibility index (Phi) is 4.54. The summed E-state index contributed by atoms with van der Waals surface area (Å²) in [6.07, 6.45) is 5.25. The van der Waals surface area contributed by atoms with Crippen molar-refractivity contribution in [1.82, 2.24) is 9.55 Å². The SMILES string of the molecule is Cn1ccnc1-c1ccc2c(c1)CCN(c1ccc(O)c(NS(C)(=O)=O)c1)C2=O. The molecular weight excluding hydrogens is 392 g/mol. The zero-order chi connectivity index (χ0) is 20.8. The first-order valence-corrected chi connectivity index (χ1v) is 10.9. The molecule has 0 saturated carbocycles. The van der Waals surface area contributed by atoms with Crippen molar-refractivity contribution in [2.75, 3.05) is 22.4 Å². The molecule has 4 rings (SSSR count). The third-order valence-electron chi connectivity index (χ3n) is 4.85. The van der Waals surface area contributed by atoms with Gasteiger partial charge in [-0.05, 0) is 42.3 Å². The van der Waals surface area contributed by atoms with E-state index in [1.807, 2.05) is 29.9 Å². The van der Waals surface area contributed by atoms with E-state index < -0.39 is 10.0 Å². The number of aromatic nitrogens is 2. The van der Waals surface area contributed by atoms with E-state index in [1.165, 1.54) is 12.1 Å². The Labute approximate surface area is 168 Å². The van der Waals surface area contributed by atoms with Crippen molar-refractivity contribution in [2.45, 2.75) is 6.42 Å². The summed E-state index contributed by atoms with van der Waals surface area (Å²) >= 11 is 0. The largest absolute Gasteiger partial charge is 0.506 e. The van der Waals surface area contributed by atoms with Crippen LogP contribution in [0, 0.1) is 0 Å². The van der Waals surface area contributed by atoms with E-state index in [1.54, 1.807) is 23.2 Å². The number of amides is 1. The second kappa shape index (κ2) is 6.93. The number of aryl methyl sites for hydroxylation is 1. The first-order chi connectivity index (χ1) is 13.7. The number of benzene rings is 2. The van der Waals surface area contributed by atoms with Gasteiger partial charge >= 0.3 is 0 Å². The summed E-state index contributed by atoms with van der Waals surface area (Å²) in [5.41, 5.74) is 3.04. The minimum Gasteiger partial charge on any atom is -0.506 e. The number of hydrogen-bond donors (Lipinski definition) is 2. The maximum absolute atomic E-state index is 13.1. The molecule has 0 bridgehead atoms. The lowest BCUT2D eigenvalue weighted by Gasteiger charge is -2.29. The van der Waals surface area contributed by atoms with E-state index in [-0.39, 0.29) is 17.3 Å². The van der Waals surface area contributed by atoms with E-state index >= 15 is 0 Å². The summed E-state index contributed by atoms with van der Waals surface area (Å²) in [6.45, 7) is 0.443. The van der Waals surface area contributed by atoms with Crippen LogP contribution in [0.1, 0.15) is 15.9 Å². The van der Waals surface area contributed by atoms with Gasteiger partial charge < -0.3 is 14.6 Å². The van der Waals surface area contributed by atoms with Crippen LogP contribution in [0.5, 0.6) is 5.75 Å². The van der Waals surface area contributed by atoms with E-state index in [4.69, 9.17) is 0 Å². The van der Waals surface area contributed by atoms with Crippen LogP contribution in [0.3, 0.4) is 0 Å². The molecule has 0 fully saturated rings. The van der Waals surface area contributed by atoms with Crippen LogP contribution in [0.4, 0.5) is 11.4 Å². The van der Waals surface area contributed by atoms with Gasteiger partial charge in [-0.3, -0.25) is 9.52 Å². The first kappa shape index (κ1) is 19.0. The number of fused-ring (bicyclic) bond motifs is 1. The van der Waals surface area contributed by atoms with Gasteiger partial charge in [0.1, 0.15) is 11.6 Å². The van der Waals surface area contributed by atoms with Gasteiger partial charge in [0.05, 0.1) is 11.9 Å². The molecule has 3 aromatic rings. The maximum Gasteiger partial charge on any atom is 0.258 e. The normalized spacial score (nSPS) is 14.0. The van der Waals surface area contributed by atoms with Crippen molar-refractivity contribution < 1.29 is 18.3 Å². The number of rotatable bonds is 4. The average molecular weight is 412 g/mol. The van der Waals surface area contributed by atoms with Gasteiger partial charge in [0.15, 0.2) is 0 Å². The number of anilines is 2. The van der Waals surface area contributed by atoms with Gasteiger partial charge in [0.25, 0.3) is 5.91 Å². The Hall–Kier alpha value is -3.33. The summed E-state index contributed by atoms with van der Waals surface area (Å²) in [5.74, 6) is 0.454. The number of phenols is 1. The number of phenolic OH excluding ortho intramolecular Hbond substituents is 1. The Morgan fingerprint density at radius 1 is 1.17 bits per heavy atom. The quantitative estimate of drug-likeness (QED) is 0.640. The van der Waals surface area contributed by atoms with Crippen LogP contribution in [0.25, 0.3) is 11.4 Å². The molecule has 0 radical (unpaired) electrons. The minimum atomic E-state index is -3.56. The van der Waals surface area contributed by atoms with Crippen molar-refractivity contribution in [2.24, 2.45) is 7.05 Å². The second-order valence-corrected chi connectivity index (χ2v) is 8.76. The number of nitrogens with zero attached hydrogens (tertiary/aromatic N) is 3. The highest BCUT2D eigenvalue weighted by molar-refractivity contribution is 7.92. The van der Waals surface area contributed by atoms with E-state index in [0.717, 1.165) is 23.2 Å². The molecule has 9 heteroatoms. The molecule has 0 aliphatic carbocycles. The topological polar surface area (TPSA) is 105 Å². The Morgan fingerprint density at radius 3 is 2.66 bits per heavy atom. The Morgan fingerprint density at radius 2 is 1.97 bits per heavy atom. The molecule has 0 atom stereocenters. The fourth-order valence-corrected chi connectivity index (χ4v) is 4.05. The van der Waals surface area contributed by atoms with E-state index in [0.29, 0.717) is 24.2 Å². The fourth-order valence-electron chi connectivity index (χ4n) is 3.49. The van der Waals surface area contributed by atoms with E-state index in [2.05, 4.69) is 9.71 Å². The minimum absolute atomic E-state index is 0.0359. The molecule has 0 unspecified atom stereocenters.